The van der Waals surface area contributed by atoms with Gasteiger partial charge in [0.05, 0.1) is 5.56 Å². The summed E-state index contributed by atoms with van der Waals surface area (Å²) >= 11 is 5.58. The van der Waals surface area contributed by atoms with Crippen molar-refractivity contribution >= 4 is 35.1 Å². The second kappa shape index (κ2) is 7.56. The Hall–Kier alpha value is -2.93. The summed E-state index contributed by atoms with van der Waals surface area (Å²) in [5.41, 5.74) is 5.46. The van der Waals surface area contributed by atoms with Gasteiger partial charge in [-0.25, -0.2) is 9.18 Å². The van der Waals surface area contributed by atoms with Gasteiger partial charge >= 0.3 is 5.97 Å². The zero-order chi connectivity index (χ0) is 17.7. The van der Waals surface area contributed by atoms with Crippen LogP contribution in [0.1, 0.15) is 20.7 Å². The standard InChI is InChI=1S/C16H12ClFN2O4/c17-10-3-6-12(13(18)7-10)16(23)24-8-14(21)20-11-4-1-9(2-5-11)15(19)22/h1-7H,8H2,(H2,19,22)(H,20,21). The van der Waals surface area contributed by atoms with Crippen molar-refractivity contribution in [2.24, 2.45) is 5.73 Å². The lowest BCUT2D eigenvalue weighted by molar-refractivity contribution is -0.119. The normalized spacial score (nSPS) is 10.1. The van der Waals surface area contributed by atoms with E-state index in [2.05, 4.69) is 5.32 Å². The van der Waals surface area contributed by atoms with Crippen LogP contribution in [0.2, 0.25) is 5.02 Å². The summed E-state index contributed by atoms with van der Waals surface area (Å²) in [5, 5.41) is 2.60. The van der Waals surface area contributed by atoms with Crippen LogP contribution in [-0.2, 0) is 9.53 Å². The Morgan fingerprint density at radius 3 is 2.38 bits per heavy atom. The number of primary amides is 1. The average molecular weight is 351 g/mol. The number of rotatable bonds is 5. The summed E-state index contributed by atoms with van der Waals surface area (Å²) in [6.45, 7) is -0.599. The number of carbonyl (C=O) groups excluding carboxylic acids is 3. The van der Waals surface area contributed by atoms with Gasteiger partial charge in [-0.3, -0.25) is 9.59 Å². The van der Waals surface area contributed by atoms with Gasteiger partial charge in [0, 0.05) is 16.3 Å². The van der Waals surface area contributed by atoms with Crippen LogP contribution in [0, 0.1) is 5.82 Å². The summed E-state index contributed by atoms with van der Waals surface area (Å²) in [6, 6.07) is 9.29. The fourth-order valence-corrected chi connectivity index (χ4v) is 1.94. The molecule has 0 unspecified atom stereocenters. The first-order valence-corrected chi connectivity index (χ1v) is 7.06. The molecule has 0 aliphatic rings. The van der Waals surface area contributed by atoms with Gasteiger partial charge < -0.3 is 15.8 Å². The molecule has 0 spiro atoms. The Morgan fingerprint density at radius 1 is 1.12 bits per heavy atom. The molecule has 24 heavy (non-hydrogen) atoms. The second-order valence-corrected chi connectivity index (χ2v) is 5.13. The van der Waals surface area contributed by atoms with Crippen molar-refractivity contribution in [1.29, 1.82) is 0 Å². The van der Waals surface area contributed by atoms with E-state index in [-0.39, 0.29) is 16.1 Å². The predicted octanol–water partition coefficient (Wildman–Crippen LogP) is 2.37. The van der Waals surface area contributed by atoms with Crippen LogP contribution in [0.15, 0.2) is 42.5 Å². The second-order valence-electron chi connectivity index (χ2n) is 4.69. The quantitative estimate of drug-likeness (QED) is 0.809. The van der Waals surface area contributed by atoms with E-state index in [1.807, 2.05) is 0 Å². The van der Waals surface area contributed by atoms with E-state index >= 15 is 0 Å². The highest BCUT2D eigenvalue weighted by atomic mass is 35.5. The Balaban J connectivity index is 1.90. The molecule has 2 amide bonds. The van der Waals surface area contributed by atoms with E-state index in [1.54, 1.807) is 0 Å². The molecular weight excluding hydrogens is 339 g/mol. The van der Waals surface area contributed by atoms with Crippen LogP contribution in [0.25, 0.3) is 0 Å². The van der Waals surface area contributed by atoms with Gasteiger partial charge in [0.15, 0.2) is 6.61 Å². The number of hydrogen-bond donors (Lipinski definition) is 2. The van der Waals surface area contributed by atoms with Gasteiger partial charge in [-0.2, -0.15) is 0 Å². The van der Waals surface area contributed by atoms with Crippen molar-refractivity contribution in [3.63, 3.8) is 0 Å². The number of esters is 1. The minimum Gasteiger partial charge on any atom is -0.452 e. The molecular formula is C16H12ClFN2O4. The molecule has 3 N–H and O–H groups in total. The maximum absolute atomic E-state index is 13.6. The highest BCUT2D eigenvalue weighted by Gasteiger charge is 2.15. The van der Waals surface area contributed by atoms with Crippen molar-refractivity contribution in [3.8, 4) is 0 Å². The van der Waals surface area contributed by atoms with E-state index in [1.165, 1.54) is 36.4 Å². The summed E-state index contributed by atoms with van der Waals surface area (Å²) < 4.78 is 18.3. The minimum atomic E-state index is -0.983. The molecule has 0 saturated heterocycles. The lowest BCUT2D eigenvalue weighted by atomic mass is 10.2. The van der Waals surface area contributed by atoms with Crippen LogP contribution in [0.5, 0.6) is 0 Å². The molecule has 2 aromatic rings. The molecule has 0 heterocycles. The first-order chi connectivity index (χ1) is 11.4. The van der Waals surface area contributed by atoms with Crippen molar-refractivity contribution < 1.29 is 23.5 Å². The summed E-state index contributed by atoms with van der Waals surface area (Å²) in [5.74, 6) is -3.03. The lowest BCUT2D eigenvalue weighted by Crippen LogP contribution is -2.21. The Kier molecular flexibility index (Phi) is 5.49. The molecule has 0 aromatic heterocycles. The van der Waals surface area contributed by atoms with Crippen molar-refractivity contribution in [2.75, 3.05) is 11.9 Å². The minimum absolute atomic E-state index is 0.140. The topological polar surface area (TPSA) is 98.5 Å². The Bertz CT molecular complexity index is 793. The van der Waals surface area contributed by atoms with Gasteiger partial charge in [-0.15, -0.1) is 0 Å². The zero-order valence-electron chi connectivity index (χ0n) is 12.2. The van der Waals surface area contributed by atoms with E-state index in [0.717, 1.165) is 6.07 Å². The first kappa shape index (κ1) is 17.4. The number of nitrogens with one attached hydrogen (secondary N) is 1. The molecule has 0 atom stereocenters. The van der Waals surface area contributed by atoms with Crippen molar-refractivity contribution in [2.45, 2.75) is 0 Å². The Labute approximate surface area is 141 Å². The molecule has 0 fully saturated rings. The van der Waals surface area contributed by atoms with E-state index in [0.29, 0.717) is 5.69 Å². The summed E-state index contributed by atoms with van der Waals surface area (Å²) in [6.07, 6.45) is 0. The molecule has 0 aliphatic heterocycles. The number of ether oxygens (including phenoxy) is 1. The van der Waals surface area contributed by atoms with E-state index in [9.17, 15) is 18.8 Å². The van der Waals surface area contributed by atoms with Crippen LogP contribution in [0.3, 0.4) is 0 Å². The van der Waals surface area contributed by atoms with E-state index < -0.39 is 30.2 Å². The van der Waals surface area contributed by atoms with Gasteiger partial charge in [0.1, 0.15) is 5.82 Å². The summed E-state index contributed by atoms with van der Waals surface area (Å²) in [7, 11) is 0. The number of halogens is 2. The molecule has 2 rings (SSSR count). The summed E-state index contributed by atoms with van der Waals surface area (Å²) in [4.78, 5) is 34.4. The lowest BCUT2D eigenvalue weighted by Gasteiger charge is -2.07. The Morgan fingerprint density at radius 2 is 1.79 bits per heavy atom. The maximum Gasteiger partial charge on any atom is 0.341 e. The first-order valence-electron chi connectivity index (χ1n) is 6.68. The largest absolute Gasteiger partial charge is 0.452 e. The third-order valence-electron chi connectivity index (χ3n) is 2.94. The van der Waals surface area contributed by atoms with E-state index in [4.69, 9.17) is 22.1 Å². The van der Waals surface area contributed by atoms with Crippen LogP contribution in [-0.4, -0.2) is 24.4 Å². The highest BCUT2D eigenvalue weighted by Crippen LogP contribution is 2.15. The molecule has 2 aromatic carbocycles. The van der Waals surface area contributed by atoms with Crippen LogP contribution >= 0.6 is 11.6 Å². The molecule has 6 nitrogen and oxygen atoms in total. The smallest absolute Gasteiger partial charge is 0.341 e. The number of hydrogen-bond acceptors (Lipinski definition) is 4. The number of anilines is 1. The molecule has 0 aliphatic carbocycles. The maximum atomic E-state index is 13.6. The van der Waals surface area contributed by atoms with Gasteiger partial charge in [-0.05, 0) is 42.5 Å². The molecule has 0 bridgehead atoms. The molecule has 8 heteroatoms. The highest BCUT2D eigenvalue weighted by molar-refractivity contribution is 6.30. The molecule has 0 radical (unpaired) electrons. The predicted molar refractivity (Wildman–Crippen MR) is 85.3 cm³/mol. The van der Waals surface area contributed by atoms with Crippen LogP contribution in [0.4, 0.5) is 10.1 Å². The number of nitrogens with two attached hydrogens (primary N) is 1. The fourth-order valence-electron chi connectivity index (χ4n) is 1.78. The third-order valence-corrected chi connectivity index (χ3v) is 3.17. The van der Waals surface area contributed by atoms with Gasteiger partial charge in [0.2, 0.25) is 5.91 Å². The molecule has 124 valence electrons. The number of benzene rings is 2. The van der Waals surface area contributed by atoms with Crippen molar-refractivity contribution in [3.05, 3.63) is 64.4 Å². The zero-order valence-corrected chi connectivity index (χ0v) is 13.0. The fraction of sp³-hybridized carbons (Fsp3) is 0.0625. The monoisotopic (exact) mass is 350 g/mol. The third kappa shape index (κ3) is 4.53. The van der Waals surface area contributed by atoms with Gasteiger partial charge in [-0.1, -0.05) is 11.6 Å². The SMILES string of the molecule is NC(=O)c1ccc(NC(=O)COC(=O)c2ccc(Cl)cc2F)cc1. The number of carbonyl (C=O) groups is 3. The van der Waals surface area contributed by atoms with Crippen molar-refractivity contribution in [1.82, 2.24) is 0 Å². The van der Waals surface area contributed by atoms with Crippen LogP contribution < -0.4 is 11.1 Å². The molecule has 0 saturated carbocycles. The van der Waals surface area contributed by atoms with Gasteiger partial charge in [0.25, 0.3) is 5.91 Å². The average Bonchev–Trinajstić information content (AvgIpc) is 2.53. The number of amides is 2.